The number of nitrogens with one attached hydrogen (secondary N) is 1. The van der Waals surface area contributed by atoms with Gasteiger partial charge in [-0.3, -0.25) is 9.69 Å². The fourth-order valence-electron chi connectivity index (χ4n) is 5.12. The molecule has 42 heavy (non-hydrogen) atoms. The number of nitrogens with zero attached hydrogens (tertiary/aromatic N) is 5. The molecule has 1 saturated heterocycles. The molecule has 1 atom stereocenters. The summed E-state index contributed by atoms with van der Waals surface area (Å²) >= 11 is 6.32. The number of carbonyl (C=O) groups excluding carboxylic acids is 1. The predicted octanol–water partition coefficient (Wildman–Crippen LogP) is 5.06. The molecular weight excluding hydrogens is 556 g/mol. The summed E-state index contributed by atoms with van der Waals surface area (Å²) in [5.41, 5.74) is 2.43. The number of piperazine rings is 1. The zero-order valence-electron chi connectivity index (χ0n) is 24.4. The van der Waals surface area contributed by atoms with Gasteiger partial charge in [0.15, 0.2) is 5.82 Å². The van der Waals surface area contributed by atoms with Gasteiger partial charge >= 0.3 is 6.03 Å². The van der Waals surface area contributed by atoms with E-state index in [1.165, 1.54) is 7.11 Å². The van der Waals surface area contributed by atoms with E-state index in [0.29, 0.717) is 57.7 Å². The van der Waals surface area contributed by atoms with Crippen LogP contribution in [0.5, 0.6) is 11.5 Å². The van der Waals surface area contributed by atoms with E-state index in [2.05, 4.69) is 17.3 Å². The van der Waals surface area contributed by atoms with Crippen LogP contribution in [0.2, 0.25) is 5.02 Å². The lowest BCUT2D eigenvalue weighted by Crippen LogP contribution is -2.55. The summed E-state index contributed by atoms with van der Waals surface area (Å²) < 4.78 is 12.7. The highest BCUT2D eigenvalue weighted by molar-refractivity contribution is 6.31. The van der Waals surface area contributed by atoms with E-state index in [-0.39, 0.29) is 5.56 Å². The number of amides is 2. The molecule has 1 aliphatic heterocycles. The minimum absolute atomic E-state index is 0.219. The average molecular weight is 591 g/mol. The van der Waals surface area contributed by atoms with E-state index in [0.717, 1.165) is 18.7 Å². The number of hydrogen-bond donors (Lipinski definition) is 1. The van der Waals surface area contributed by atoms with Crippen molar-refractivity contribution in [2.45, 2.75) is 19.9 Å². The molecule has 220 valence electrons. The molecule has 3 aromatic carbocycles. The van der Waals surface area contributed by atoms with Gasteiger partial charge < -0.3 is 24.7 Å². The van der Waals surface area contributed by atoms with Crippen LogP contribution in [0.25, 0.3) is 10.9 Å². The minimum Gasteiger partial charge on any atom is -0.497 e. The second-order valence-electron chi connectivity index (χ2n) is 10.4. The third-order valence-corrected chi connectivity index (χ3v) is 7.76. The van der Waals surface area contributed by atoms with E-state index in [1.807, 2.05) is 43.1 Å². The van der Waals surface area contributed by atoms with Crippen LogP contribution in [-0.4, -0.2) is 68.0 Å². The molecule has 10 nitrogen and oxygen atoms in total. The number of benzene rings is 3. The summed E-state index contributed by atoms with van der Waals surface area (Å²) in [6.45, 7) is 6.64. The van der Waals surface area contributed by atoms with Gasteiger partial charge in [-0.1, -0.05) is 29.3 Å². The van der Waals surface area contributed by atoms with Crippen LogP contribution in [0, 0.1) is 6.92 Å². The summed E-state index contributed by atoms with van der Waals surface area (Å²) in [6, 6.07) is 16.7. The Kier molecular flexibility index (Phi) is 8.56. The summed E-state index contributed by atoms with van der Waals surface area (Å²) in [7, 11) is 5.16. The Bertz CT molecular complexity index is 1650. The lowest BCUT2D eigenvalue weighted by atomic mass is 10.1. The first kappa shape index (κ1) is 29.2. The topological polar surface area (TPSA) is 92.2 Å². The monoisotopic (exact) mass is 590 g/mol. The Labute approximate surface area is 250 Å². The van der Waals surface area contributed by atoms with Crippen LogP contribution in [0.15, 0.2) is 65.5 Å². The van der Waals surface area contributed by atoms with Crippen LogP contribution in [0.4, 0.5) is 16.2 Å². The predicted molar refractivity (Wildman–Crippen MR) is 167 cm³/mol. The number of carbonyl (C=O) groups is 1. The molecule has 0 bridgehead atoms. The van der Waals surface area contributed by atoms with Crippen molar-refractivity contribution in [3.05, 3.63) is 87.4 Å². The normalized spacial score (nSPS) is 14.5. The molecule has 0 aliphatic carbocycles. The lowest BCUT2D eigenvalue weighted by Gasteiger charge is -2.38. The average Bonchev–Trinajstić information content (AvgIpc) is 2.99. The van der Waals surface area contributed by atoms with Crippen molar-refractivity contribution in [3.8, 4) is 11.5 Å². The standard InChI is InChI=1S/C31H35ClN6O4/c1-20-6-9-23(10-7-20)33-31(40)37(27-13-11-24(41-4)19-28(27)42-5)21(2)29-34-26-18-22(32)8-12-25(26)30(39)38(29)36-16-14-35(3)15-17-36/h6-13,18-19,21H,14-17H2,1-5H3,(H,33,40). The Morgan fingerprint density at radius 1 is 1.00 bits per heavy atom. The minimum atomic E-state index is -0.714. The number of halogens is 1. The summed E-state index contributed by atoms with van der Waals surface area (Å²) in [4.78, 5) is 36.9. The third kappa shape index (κ3) is 5.86. The van der Waals surface area contributed by atoms with Crippen LogP contribution >= 0.6 is 11.6 Å². The number of ether oxygens (including phenoxy) is 2. The van der Waals surface area contributed by atoms with Gasteiger partial charge in [-0.25, -0.2) is 14.5 Å². The lowest BCUT2D eigenvalue weighted by molar-refractivity contribution is 0.253. The van der Waals surface area contributed by atoms with Crippen LogP contribution < -0.4 is 30.3 Å². The highest BCUT2D eigenvalue weighted by Gasteiger charge is 2.32. The maximum Gasteiger partial charge on any atom is 0.327 e. The largest absolute Gasteiger partial charge is 0.497 e. The number of hydrogen-bond acceptors (Lipinski definition) is 7. The number of urea groups is 1. The van der Waals surface area contributed by atoms with Crippen molar-refractivity contribution >= 4 is 39.9 Å². The second kappa shape index (κ2) is 12.3. The Balaban J connectivity index is 1.69. The molecule has 1 N–H and O–H groups in total. The maximum absolute atomic E-state index is 14.1. The second-order valence-corrected chi connectivity index (χ2v) is 10.8. The van der Waals surface area contributed by atoms with Crippen molar-refractivity contribution in [1.29, 1.82) is 0 Å². The van der Waals surface area contributed by atoms with E-state index < -0.39 is 12.1 Å². The van der Waals surface area contributed by atoms with Gasteiger partial charge in [0.1, 0.15) is 11.5 Å². The number of rotatable bonds is 7. The van der Waals surface area contributed by atoms with Crippen molar-refractivity contribution in [1.82, 2.24) is 14.6 Å². The molecule has 2 amide bonds. The first-order valence-corrected chi connectivity index (χ1v) is 14.1. The highest BCUT2D eigenvalue weighted by atomic mass is 35.5. The van der Waals surface area contributed by atoms with Crippen molar-refractivity contribution in [2.75, 3.05) is 62.7 Å². The molecule has 4 aromatic rings. The number of likely N-dealkylation sites (N-methyl/N-ethyl adjacent to an activating group) is 1. The Morgan fingerprint density at radius 2 is 1.71 bits per heavy atom. The molecule has 1 aromatic heterocycles. The molecule has 0 spiro atoms. The molecule has 2 heterocycles. The molecule has 1 unspecified atom stereocenters. The van der Waals surface area contributed by atoms with Crippen LogP contribution in [0.3, 0.4) is 0 Å². The van der Waals surface area contributed by atoms with Crippen LogP contribution in [-0.2, 0) is 0 Å². The number of methoxy groups -OCH3 is 2. The maximum atomic E-state index is 14.1. The van der Waals surface area contributed by atoms with Gasteiger partial charge in [0.2, 0.25) is 0 Å². The molecular formula is C31H35ClN6O4. The van der Waals surface area contributed by atoms with Gasteiger partial charge in [-0.2, -0.15) is 0 Å². The number of aromatic nitrogens is 2. The highest BCUT2D eigenvalue weighted by Crippen LogP contribution is 2.37. The first-order valence-electron chi connectivity index (χ1n) is 13.7. The van der Waals surface area contributed by atoms with Crippen molar-refractivity contribution in [2.24, 2.45) is 0 Å². The van der Waals surface area contributed by atoms with Crippen molar-refractivity contribution < 1.29 is 14.3 Å². The van der Waals surface area contributed by atoms with E-state index >= 15 is 0 Å². The number of aryl methyl sites for hydroxylation is 1. The van der Waals surface area contributed by atoms with E-state index in [4.69, 9.17) is 26.1 Å². The molecule has 0 radical (unpaired) electrons. The van der Waals surface area contributed by atoms with Gasteiger partial charge in [-0.05, 0) is 63.4 Å². The molecule has 11 heteroatoms. The fourth-order valence-corrected chi connectivity index (χ4v) is 5.29. The van der Waals surface area contributed by atoms with E-state index in [1.54, 1.807) is 53.1 Å². The summed E-state index contributed by atoms with van der Waals surface area (Å²) in [5.74, 6) is 1.41. The number of anilines is 2. The van der Waals surface area contributed by atoms with Gasteiger partial charge in [0.25, 0.3) is 5.56 Å². The zero-order valence-corrected chi connectivity index (χ0v) is 25.2. The quantitative estimate of drug-likeness (QED) is 0.322. The summed E-state index contributed by atoms with van der Waals surface area (Å²) in [6.07, 6.45) is 0. The van der Waals surface area contributed by atoms with Gasteiger partial charge in [0.05, 0.1) is 36.9 Å². The summed E-state index contributed by atoms with van der Waals surface area (Å²) in [5, 5.41) is 5.92. The molecule has 1 aliphatic rings. The molecule has 5 rings (SSSR count). The van der Waals surface area contributed by atoms with Crippen molar-refractivity contribution in [3.63, 3.8) is 0 Å². The SMILES string of the molecule is COc1ccc(N(C(=O)Nc2ccc(C)cc2)C(C)c2nc3cc(Cl)ccc3c(=O)n2N2CCN(C)CC2)c(OC)c1. The molecule has 1 fully saturated rings. The fraction of sp³-hybridized carbons (Fsp3) is 0.323. The smallest absolute Gasteiger partial charge is 0.327 e. The third-order valence-electron chi connectivity index (χ3n) is 7.53. The van der Waals surface area contributed by atoms with Crippen LogP contribution in [0.1, 0.15) is 24.4 Å². The molecule has 0 saturated carbocycles. The van der Waals surface area contributed by atoms with Gasteiger partial charge in [-0.15, -0.1) is 0 Å². The van der Waals surface area contributed by atoms with E-state index in [9.17, 15) is 9.59 Å². The zero-order chi connectivity index (χ0) is 30.0. The first-order chi connectivity index (χ1) is 20.2. The number of fused-ring (bicyclic) bond motifs is 1. The Hall–Kier alpha value is -4.28. The Morgan fingerprint density at radius 3 is 2.38 bits per heavy atom. The van der Waals surface area contributed by atoms with Gasteiger partial charge in [0, 0.05) is 43.0 Å².